The van der Waals surface area contributed by atoms with Gasteiger partial charge in [0.1, 0.15) is 0 Å². The van der Waals surface area contributed by atoms with Crippen molar-refractivity contribution in [2.75, 3.05) is 5.32 Å². The van der Waals surface area contributed by atoms with Crippen LogP contribution in [0.5, 0.6) is 0 Å². The molecule has 0 aromatic carbocycles. The fourth-order valence-electron chi connectivity index (χ4n) is 1.39. The summed E-state index contributed by atoms with van der Waals surface area (Å²) in [5, 5.41) is 7.69. The van der Waals surface area contributed by atoms with Crippen LogP contribution in [0, 0.1) is 0 Å². The van der Waals surface area contributed by atoms with Gasteiger partial charge < -0.3 is 5.32 Å². The molecule has 2 aromatic heterocycles. The molecule has 0 fully saturated rings. The number of rotatable bonds is 4. The molecule has 0 aliphatic carbocycles. The average Bonchev–Trinajstić information content (AvgIpc) is 2.74. The smallest absolute Gasteiger partial charge is 0.171 e. The van der Waals surface area contributed by atoms with Crippen molar-refractivity contribution in [2.24, 2.45) is 0 Å². The summed E-state index contributed by atoms with van der Waals surface area (Å²) in [6.07, 6.45) is 6.83. The Bertz CT molecular complexity index is 442. The summed E-state index contributed by atoms with van der Waals surface area (Å²) >= 11 is 5.89. The van der Waals surface area contributed by atoms with Gasteiger partial charge in [-0.15, -0.1) is 0 Å². The van der Waals surface area contributed by atoms with Crippen molar-refractivity contribution in [1.82, 2.24) is 19.7 Å². The SMILES string of the molecule is CC(Cn1cccn1)Nc1nccnc1Cl. The fraction of sp³-hybridized carbons (Fsp3) is 0.300. The molecule has 0 bridgehead atoms. The van der Waals surface area contributed by atoms with Gasteiger partial charge in [-0.3, -0.25) is 4.68 Å². The summed E-state index contributed by atoms with van der Waals surface area (Å²) in [5.74, 6) is 0.601. The maximum Gasteiger partial charge on any atom is 0.171 e. The number of hydrogen-bond donors (Lipinski definition) is 1. The first-order chi connectivity index (χ1) is 7.75. The van der Waals surface area contributed by atoms with E-state index in [1.54, 1.807) is 18.6 Å². The molecule has 6 heteroatoms. The van der Waals surface area contributed by atoms with Crippen LogP contribution in [-0.4, -0.2) is 25.8 Å². The molecule has 0 aliphatic rings. The average molecular weight is 238 g/mol. The first-order valence-corrected chi connectivity index (χ1v) is 5.34. The van der Waals surface area contributed by atoms with Crippen LogP contribution in [0.3, 0.4) is 0 Å². The summed E-state index contributed by atoms with van der Waals surface area (Å²) in [4.78, 5) is 8.06. The van der Waals surface area contributed by atoms with Gasteiger partial charge in [0.25, 0.3) is 0 Å². The monoisotopic (exact) mass is 237 g/mol. The number of anilines is 1. The summed E-state index contributed by atoms with van der Waals surface area (Å²) in [6.45, 7) is 2.78. The molecular weight excluding hydrogens is 226 g/mol. The van der Waals surface area contributed by atoms with Crippen molar-refractivity contribution in [1.29, 1.82) is 0 Å². The van der Waals surface area contributed by atoms with E-state index in [1.807, 2.05) is 23.9 Å². The van der Waals surface area contributed by atoms with Crippen molar-refractivity contribution in [3.63, 3.8) is 0 Å². The predicted octanol–water partition coefficient (Wildman–Crippen LogP) is 1.83. The number of aromatic nitrogens is 4. The molecule has 0 saturated heterocycles. The van der Waals surface area contributed by atoms with Crippen LogP contribution < -0.4 is 5.32 Å². The Kier molecular flexibility index (Phi) is 3.36. The van der Waals surface area contributed by atoms with E-state index >= 15 is 0 Å². The summed E-state index contributed by atoms with van der Waals surface area (Å²) in [6, 6.07) is 2.07. The van der Waals surface area contributed by atoms with Gasteiger partial charge in [-0.1, -0.05) is 11.6 Å². The van der Waals surface area contributed by atoms with Crippen molar-refractivity contribution in [2.45, 2.75) is 19.5 Å². The Morgan fingerprint density at radius 3 is 2.88 bits per heavy atom. The molecular formula is C10H12ClN5. The van der Waals surface area contributed by atoms with Crippen LogP contribution in [0.2, 0.25) is 5.15 Å². The lowest BCUT2D eigenvalue weighted by molar-refractivity contribution is 0.559. The Balaban J connectivity index is 1.97. The van der Waals surface area contributed by atoms with Crippen LogP contribution in [0.1, 0.15) is 6.92 Å². The van der Waals surface area contributed by atoms with Gasteiger partial charge >= 0.3 is 0 Å². The lowest BCUT2D eigenvalue weighted by Crippen LogP contribution is -2.23. The topological polar surface area (TPSA) is 55.6 Å². The summed E-state index contributed by atoms with van der Waals surface area (Å²) in [7, 11) is 0. The maximum absolute atomic E-state index is 5.89. The minimum Gasteiger partial charge on any atom is -0.363 e. The van der Waals surface area contributed by atoms with Crippen molar-refractivity contribution in [3.8, 4) is 0 Å². The van der Waals surface area contributed by atoms with Gasteiger partial charge in [0, 0.05) is 30.8 Å². The molecule has 1 unspecified atom stereocenters. The molecule has 0 amide bonds. The lowest BCUT2D eigenvalue weighted by atomic mass is 10.3. The van der Waals surface area contributed by atoms with E-state index in [4.69, 9.17) is 11.6 Å². The Morgan fingerprint density at radius 2 is 2.19 bits per heavy atom. The van der Waals surface area contributed by atoms with Crippen LogP contribution >= 0.6 is 11.6 Å². The number of nitrogens with one attached hydrogen (secondary N) is 1. The molecule has 1 atom stereocenters. The molecule has 2 aromatic rings. The highest BCUT2D eigenvalue weighted by Gasteiger charge is 2.07. The van der Waals surface area contributed by atoms with E-state index in [0.29, 0.717) is 11.0 Å². The zero-order chi connectivity index (χ0) is 11.4. The molecule has 0 aliphatic heterocycles. The molecule has 0 radical (unpaired) electrons. The number of hydrogen-bond acceptors (Lipinski definition) is 4. The van der Waals surface area contributed by atoms with Crippen LogP contribution in [0.25, 0.3) is 0 Å². The zero-order valence-corrected chi connectivity index (χ0v) is 9.59. The van der Waals surface area contributed by atoms with E-state index in [0.717, 1.165) is 6.54 Å². The van der Waals surface area contributed by atoms with E-state index < -0.39 is 0 Å². The largest absolute Gasteiger partial charge is 0.363 e. The zero-order valence-electron chi connectivity index (χ0n) is 8.84. The summed E-state index contributed by atoms with van der Waals surface area (Å²) in [5.41, 5.74) is 0. The van der Waals surface area contributed by atoms with E-state index in [9.17, 15) is 0 Å². The second kappa shape index (κ2) is 4.94. The van der Waals surface area contributed by atoms with Crippen LogP contribution in [0.15, 0.2) is 30.9 Å². The lowest BCUT2D eigenvalue weighted by Gasteiger charge is -2.14. The van der Waals surface area contributed by atoms with Crippen molar-refractivity contribution < 1.29 is 0 Å². The molecule has 16 heavy (non-hydrogen) atoms. The molecule has 1 N–H and O–H groups in total. The second-order valence-electron chi connectivity index (χ2n) is 3.47. The highest BCUT2D eigenvalue weighted by Crippen LogP contribution is 2.15. The third kappa shape index (κ3) is 2.70. The standard InChI is InChI=1S/C10H12ClN5/c1-8(7-16-6-2-3-14-16)15-10-9(11)12-4-5-13-10/h2-6,8H,7H2,1H3,(H,13,15). The highest BCUT2D eigenvalue weighted by molar-refractivity contribution is 6.31. The Hall–Kier alpha value is -1.62. The molecule has 2 heterocycles. The normalized spacial score (nSPS) is 12.4. The van der Waals surface area contributed by atoms with Gasteiger partial charge in [0.2, 0.25) is 0 Å². The van der Waals surface area contributed by atoms with Gasteiger partial charge in [0.05, 0.1) is 6.54 Å². The number of nitrogens with zero attached hydrogens (tertiary/aromatic N) is 4. The molecule has 0 spiro atoms. The third-order valence-electron chi connectivity index (χ3n) is 2.06. The van der Waals surface area contributed by atoms with Gasteiger partial charge in [0.15, 0.2) is 11.0 Å². The van der Waals surface area contributed by atoms with Crippen molar-refractivity contribution in [3.05, 3.63) is 36.0 Å². The first-order valence-electron chi connectivity index (χ1n) is 4.96. The van der Waals surface area contributed by atoms with Crippen molar-refractivity contribution >= 4 is 17.4 Å². The van der Waals surface area contributed by atoms with E-state index in [1.165, 1.54) is 0 Å². The van der Waals surface area contributed by atoms with Gasteiger partial charge in [-0.25, -0.2) is 9.97 Å². The predicted molar refractivity (Wildman–Crippen MR) is 62.4 cm³/mol. The van der Waals surface area contributed by atoms with Gasteiger partial charge in [-0.05, 0) is 13.0 Å². The Labute approximate surface area is 98.5 Å². The van der Waals surface area contributed by atoms with Crippen LogP contribution in [0.4, 0.5) is 5.82 Å². The molecule has 2 rings (SSSR count). The first kappa shape index (κ1) is 10.9. The molecule has 5 nitrogen and oxygen atoms in total. The maximum atomic E-state index is 5.89. The fourth-order valence-corrected chi connectivity index (χ4v) is 1.55. The third-order valence-corrected chi connectivity index (χ3v) is 2.33. The quantitative estimate of drug-likeness (QED) is 0.882. The van der Waals surface area contributed by atoms with Gasteiger partial charge in [-0.2, -0.15) is 5.10 Å². The van der Waals surface area contributed by atoms with E-state index in [-0.39, 0.29) is 6.04 Å². The minimum absolute atomic E-state index is 0.175. The van der Waals surface area contributed by atoms with Crippen LogP contribution in [-0.2, 0) is 6.54 Å². The summed E-state index contributed by atoms with van der Waals surface area (Å²) < 4.78 is 1.85. The minimum atomic E-state index is 0.175. The molecule has 0 saturated carbocycles. The second-order valence-corrected chi connectivity index (χ2v) is 3.83. The molecule has 84 valence electrons. The number of halogens is 1. The highest BCUT2D eigenvalue weighted by atomic mass is 35.5. The van der Waals surface area contributed by atoms with E-state index in [2.05, 4.69) is 20.4 Å². The Morgan fingerprint density at radius 1 is 1.38 bits per heavy atom.